The molecule has 1 atom stereocenters. The Kier molecular flexibility index (Phi) is 5.28. The second-order valence-corrected chi connectivity index (χ2v) is 6.13. The summed E-state index contributed by atoms with van der Waals surface area (Å²) in [6.07, 6.45) is 0.699. The summed E-state index contributed by atoms with van der Waals surface area (Å²) < 4.78 is 0. The summed E-state index contributed by atoms with van der Waals surface area (Å²) in [7, 11) is 1.87. The fraction of sp³-hybridized carbons (Fsp3) is 0.368. The van der Waals surface area contributed by atoms with Crippen LogP contribution in [0.15, 0.2) is 48.5 Å². The predicted molar refractivity (Wildman–Crippen MR) is 95.1 cm³/mol. The molecule has 1 aliphatic heterocycles. The maximum absolute atomic E-state index is 9.98. The summed E-state index contributed by atoms with van der Waals surface area (Å²) in [6, 6.07) is 16.7. The molecule has 0 amide bonds. The summed E-state index contributed by atoms with van der Waals surface area (Å²) in [4.78, 5) is 2.33. The number of hydrogen-bond acceptors (Lipinski definition) is 4. The lowest BCUT2D eigenvalue weighted by Gasteiger charge is -2.31. The van der Waals surface area contributed by atoms with E-state index in [1.807, 2.05) is 25.2 Å². The number of nitrogens with zero attached hydrogens (tertiary/aromatic N) is 1. The minimum Gasteiger partial charge on any atom is -0.390 e. The quantitative estimate of drug-likeness (QED) is 0.766. The Balaban J connectivity index is 1.71. The smallest absolute Gasteiger partial charge is 0.0791 e. The zero-order chi connectivity index (χ0) is 16.1. The number of anilines is 2. The minimum atomic E-state index is -0.313. The second kappa shape index (κ2) is 7.59. The average Bonchev–Trinajstić information content (AvgIpc) is 2.56. The molecule has 0 spiro atoms. The van der Waals surface area contributed by atoms with E-state index in [0.29, 0.717) is 6.54 Å². The Bertz CT molecular complexity index is 630. The van der Waals surface area contributed by atoms with Gasteiger partial charge in [-0.3, -0.25) is 4.90 Å². The molecule has 0 saturated heterocycles. The number of β-amino-alcohol motifs (C(OH)–C–C–N with tert-alkyl or cyclic N) is 1. The first-order valence-electron chi connectivity index (χ1n) is 8.24. The number of rotatable bonds is 6. The van der Waals surface area contributed by atoms with Gasteiger partial charge in [0.05, 0.1) is 6.10 Å². The molecule has 122 valence electrons. The van der Waals surface area contributed by atoms with Gasteiger partial charge in [-0.15, -0.1) is 0 Å². The summed E-state index contributed by atoms with van der Waals surface area (Å²) in [5.74, 6) is 0. The van der Waals surface area contributed by atoms with Crippen molar-refractivity contribution >= 4 is 11.4 Å². The molecule has 0 bridgehead atoms. The Labute approximate surface area is 138 Å². The minimum absolute atomic E-state index is 0.313. The maximum Gasteiger partial charge on any atom is 0.0791 e. The van der Waals surface area contributed by atoms with Gasteiger partial charge < -0.3 is 15.7 Å². The van der Waals surface area contributed by atoms with Gasteiger partial charge in [-0.1, -0.05) is 30.3 Å². The summed E-state index contributed by atoms with van der Waals surface area (Å²) in [5, 5.41) is 16.5. The molecular formula is C19H25N3O. The van der Waals surface area contributed by atoms with Crippen molar-refractivity contribution in [3.63, 3.8) is 0 Å². The third-order valence-corrected chi connectivity index (χ3v) is 4.31. The van der Waals surface area contributed by atoms with Crippen LogP contribution < -0.4 is 10.6 Å². The van der Waals surface area contributed by atoms with Crippen LogP contribution in [0.25, 0.3) is 0 Å². The van der Waals surface area contributed by atoms with Crippen LogP contribution in [0.2, 0.25) is 0 Å². The van der Waals surface area contributed by atoms with Gasteiger partial charge in [-0.25, -0.2) is 0 Å². The van der Waals surface area contributed by atoms with E-state index in [9.17, 15) is 5.11 Å². The van der Waals surface area contributed by atoms with Crippen molar-refractivity contribution in [2.75, 3.05) is 32.0 Å². The number of aliphatic hydroxyl groups excluding tert-OH is 1. The molecule has 23 heavy (non-hydrogen) atoms. The third kappa shape index (κ3) is 4.10. The van der Waals surface area contributed by atoms with Crippen molar-refractivity contribution in [2.24, 2.45) is 0 Å². The molecule has 4 heteroatoms. The van der Waals surface area contributed by atoms with Gasteiger partial charge in [-0.2, -0.15) is 0 Å². The molecule has 2 aromatic carbocycles. The molecule has 2 aromatic rings. The van der Waals surface area contributed by atoms with E-state index in [0.717, 1.165) is 31.7 Å². The molecule has 4 nitrogen and oxygen atoms in total. The number of fused-ring (bicyclic) bond motifs is 1. The molecule has 0 fully saturated rings. The SMILES string of the molecule is CNCC(O)CN1CCc2c(cccc2Nc2ccccc2)C1. The topological polar surface area (TPSA) is 47.5 Å². The summed E-state index contributed by atoms with van der Waals surface area (Å²) in [6.45, 7) is 3.25. The molecule has 0 aromatic heterocycles. The van der Waals surface area contributed by atoms with Crippen LogP contribution in [0.5, 0.6) is 0 Å². The van der Waals surface area contributed by atoms with Gasteiger partial charge >= 0.3 is 0 Å². The first-order valence-corrected chi connectivity index (χ1v) is 8.24. The molecule has 1 aliphatic rings. The largest absolute Gasteiger partial charge is 0.390 e. The number of para-hydroxylation sites is 1. The highest BCUT2D eigenvalue weighted by molar-refractivity contribution is 5.65. The molecule has 0 aliphatic carbocycles. The highest BCUT2D eigenvalue weighted by atomic mass is 16.3. The second-order valence-electron chi connectivity index (χ2n) is 6.13. The van der Waals surface area contributed by atoms with Crippen LogP contribution >= 0.6 is 0 Å². The number of nitrogens with one attached hydrogen (secondary N) is 2. The lowest BCUT2D eigenvalue weighted by molar-refractivity contribution is 0.106. The molecular weight excluding hydrogens is 286 g/mol. The summed E-state index contributed by atoms with van der Waals surface area (Å²) in [5.41, 5.74) is 5.07. The van der Waals surface area contributed by atoms with Crippen LogP contribution in [0.4, 0.5) is 11.4 Å². The number of likely N-dealkylation sites (N-methyl/N-ethyl adjacent to an activating group) is 1. The fourth-order valence-corrected chi connectivity index (χ4v) is 3.22. The zero-order valence-corrected chi connectivity index (χ0v) is 13.6. The van der Waals surface area contributed by atoms with Gasteiger partial charge in [0.25, 0.3) is 0 Å². The molecule has 0 radical (unpaired) electrons. The Hall–Kier alpha value is -1.88. The van der Waals surface area contributed by atoms with Crippen LogP contribution in [0.3, 0.4) is 0 Å². The van der Waals surface area contributed by atoms with Gasteiger partial charge in [0.2, 0.25) is 0 Å². The van der Waals surface area contributed by atoms with E-state index in [2.05, 4.69) is 45.9 Å². The van der Waals surface area contributed by atoms with Gasteiger partial charge in [-0.05, 0) is 42.8 Å². The highest BCUT2D eigenvalue weighted by Crippen LogP contribution is 2.28. The standard InChI is InChI=1S/C19H25N3O/c1-20-12-17(23)14-22-11-10-18-15(13-22)6-5-9-19(18)21-16-7-3-2-4-8-16/h2-9,17,20-21,23H,10-14H2,1H3. The third-order valence-electron chi connectivity index (χ3n) is 4.31. The number of benzene rings is 2. The Morgan fingerprint density at radius 2 is 1.96 bits per heavy atom. The highest BCUT2D eigenvalue weighted by Gasteiger charge is 2.20. The van der Waals surface area contributed by atoms with Crippen molar-refractivity contribution in [3.05, 3.63) is 59.7 Å². The monoisotopic (exact) mass is 311 g/mol. The first-order chi connectivity index (χ1) is 11.3. The van der Waals surface area contributed by atoms with Crippen LogP contribution in [0.1, 0.15) is 11.1 Å². The molecule has 3 rings (SSSR count). The van der Waals surface area contributed by atoms with E-state index < -0.39 is 0 Å². The molecule has 1 unspecified atom stereocenters. The van der Waals surface area contributed by atoms with Crippen LogP contribution in [0, 0.1) is 0 Å². The van der Waals surface area contributed by atoms with Crippen LogP contribution in [-0.4, -0.2) is 42.8 Å². The van der Waals surface area contributed by atoms with Gasteiger partial charge in [0, 0.05) is 37.6 Å². The van der Waals surface area contributed by atoms with Crippen molar-refractivity contribution in [1.82, 2.24) is 10.2 Å². The van der Waals surface area contributed by atoms with Crippen molar-refractivity contribution in [2.45, 2.75) is 19.1 Å². The lowest BCUT2D eigenvalue weighted by Crippen LogP contribution is -2.40. The predicted octanol–water partition coefficient (Wildman–Crippen LogP) is 2.37. The van der Waals surface area contributed by atoms with E-state index in [4.69, 9.17) is 0 Å². The average molecular weight is 311 g/mol. The van der Waals surface area contributed by atoms with Gasteiger partial charge in [0.15, 0.2) is 0 Å². The molecule has 1 heterocycles. The van der Waals surface area contributed by atoms with Gasteiger partial charge in [0.1, 0.15) is 0 Å². The zero-order valence-electron chi connectivity index (χ0n) is 13.6. The molecule has 0 saturated carbocycles. The fourth-order valence-electron chi connectivity index (χ4n) is 3.22. The Morgan fingerprint density at radius 3 is 2.74 bits per heavy atom. The first kappa shape index (κ1) is 16.0. The Morgan fingerprint density at radius 1 is 1.13 bits per heavy atom. The lowest BCUT2D eigenvalue weighted by atomic mass is 9.97. The normalized spacial score (nSPS) is 15.9. The van der Waals surface area contributed by atoms with Crippen molar-refractivity contribution in [1.29, 1.82) is 0 Å². The van der Waals surface area contributed by atoms with E-state index >= 15 is 0 Å². The maximum atomic E-state index is 9.98. The van der Waals surface area contributed by atoms with Crippen LogP contribution in [-0.2, 0) is 13.0 Å². The van der Waals surface area contributed by atoms with E-state index in [-0.39, 0.29) is 6.10 Å². The van der Waals surface area contributed by atoms with E-state index in [1.165, 1.54) is 16.8 Å². The van der Waals surface area contributed by atoms with Crippen molar-refractivity contribution in [3.8, 4) is 0 Å². The number of aliphatic hydroxyl groups is 1. The van der Waals surface area contributed by atoms with Crippen molar-refractivity contribution < 1.29 is 5.11 Å². The van der Waals surface area contributed by atoms with E-state index in [1.54, 1.807) is 0 Å². The summed E-state index contributed by atoms with van der Waals surface area (Å²) >= 11 is 0. The molecule has 3 N–H and O–H groups in total. The number of hydrogen-bond donors (Lipinski definition) is 3.